The Bertz CT molecular complexity index is 1320. The Morgan fingerprint density at radius 3 is 1.92 bits per heavy atom. The Kier molecular flexibility index (Phi) is 6.35. The first-order chi connectivity index (χ1) is 17.4. The van der Waals surface area contributed by atoms with Crippen LogP contribution in [0.2, 0.25) is 0 Å². The quantitative estimate of drug-likeness (QED) is 0.277. The van der Waals surface area contributed by atoms with Crippen molar-refractivity contribution in [2.75, 3.05) is 13.2 Å². The van der Waals surface area contributed by atoms with Gasteiger partial charge in [0.15, 0.2) is 0 Å². The summed E-state index contributed by atoms with van der Waals surface area (Å²) in [5.41, 5.74) is 2.32. The first-order valence-corrected chi connectivity index (χ1v) is 12.5. The maximum Gasteiger partial charge on any atom is 0.350 e. The number of aryl methyl sites for hydroxylation is 2. The number of rotatable bonds is 6. The van der Waals surface area contributed by atoms with Gasteiger partial charge in [0.2, 0.25) is 0 Å². The van der Waals surface area contributed by atoms with E-state index in [1.807, 2.05) is 61.3 Å². The van der Waals surface area contributed by atoms with Gasteiger partial charge in [0.25, 0.3) is 5.60 Å². The Labute approximate surface area is 210 Å². The lowest BCUT2D eigenvalue weighted by atomic mass is 9.78. The van der Waals surface area contributed by atoms with Crippen LogP contribution in [0.4, 0.5) is 0 Å². The van der Waals surface area contributed by atoms with Crippen LogP contribution in [0.25, 0.3) is 21.8 Å². The van der Waals surface area contributed by atoms with Crippen LogP contribution in [-0.2, 0) is 37.9 Å². The molecular formula is C29H32N2O5. The highest BCUT2D eigenvalue weighted by Gasteiger charge is 2.57. The molecule has 7 nitrogen and oxygen atoms in total. The molecule has 1 aliphatic rings. The standard InChI is InChI=1S/C29H32N2O5/c1-5-34-27(32)29(28(33)35-6-2)16-19(22-17-30(3)24-13-9-7-11-20(22)24)15-26(36-29)23-18-31(4)25-14-10-8-12-21(23)25/h7-14,17-19,26H,5-6,15-16H2,1-4H3/t19-,26-/m0/s1. The topological polar surface area (TPSA) is 71.7 Å². The van der Waals surface area contributed by atoms with E-state index >= 15 is 0 Å². The van der Waals surface area contributed by atoms with Crippen LogP contribution in [0.1, 0.15) is 49.8 Å². The molecule has 4 aromatic rings. The second kappa shape index (κ2) is 9.47. The van der Waals surface area contributed by atoms with E-state index in [-0.39, 0.29) is 25.6 Å². The van der Waals surface area contributed by atoms with Crippen LogP contribution in [0.3, 0.4) is 0 Å². The van der Waals surface area contributed by atoms with E-state index in [4.69, 9.17) is 14.2 Å². The van der Waals surface area contributed by atoms with Gasteiger partial charge >= 0.3 is 11.9 Å². The minimum Gasteiger partial charge on any atom is -0.463 e. The number of esters is 2. The number of carbonyl (C=O) groups is 2. The van der Waals surface area contributed by atoms with E-state index in [0.717, 1.165) is 32.9 Å². The molecule has 2 aromatic carbocycles. The van der Waals surface area contributed by atoms with Gasteiger partial charge < -0.3 is 23.3 Å². The molecule has 3 heterocycles. The molecule has 7 heteroatoms. The lowest BCUT2D eigenvalue weighted by Gasteiger charge is -2.41. The molecule has 0 unspecified atom stereocenters. The van der Waals surface area contributed by atoms with Crippen molar-refractivity contribution in [3.8, 4) is 0 Å². The number of hydrogen-bond donors (Lipinski definition) is 0. The summed E-state index contributed by atoms with van der Waals surface area (Å²) < 4.78 is 21.5. The van der Waals surface area contributed by atoms with Crippen molar-refractivity contribution in [1.82, 2.24) is 9.13 Å². The van der Waals surface area contributed by atoms with Crippen molar-refractivity contribution in [1.29, 1.82) is 0 Å². The first kappa shape index (κ1) is 24.1. The van der Waals surface area contributed by atoms with Crippen LogP contribution >= 0.6 is 0 Å². The molecule has 1 fully saturated rings. The lowest BCUT2D eigenvalue weighted by molar-refractivity contribution is -0.208. The highest BCUT2D eigenvalue weighted by molar-refractivity contribution is 6.04. The molecule has 0 N–H and O–H groups in total. The van der Waals surface area contributed by atoms with E-state index in [1.54, 1.807) is 13.8 Å². The third kappa shape index (κ3) is 3.88. The summed E-state index contributed by atoms with van der Waals surface area (Å²) >= 11 is 0. The number of benzene rings is 2. The van der Waals surface area contributed by atoms with Gasteiger partial charge in [0.05, 0.1) is 19.3 Å². The van der Waals surface area contributed by atoms with Crippen molar-refractivity contribution in [3.05, 3.63) is 72.1 Å². The SMILES string of the molecule is CCOC(=O)C1(C(=O)OCC)C[C@@H](c2cn(C)c3ccccc23)C[C@@H](c2cn(C)c3ccccc23)O1. The van der Waals surface area contributed by atoms with Crippen molar-refractivity contribution in [2.45, 2.75) is 44.3 Å². The number of hydrogen-bond acceptors (Lipinski definition) is 5. The van der Waals surface area contributed by atoms with Crippen LogP contribution < -0.4 is 0 Å². The van der Waals surface area contributed by atoms with Gasteiger partial charge in [-0.05, 0) is 43.9 Å². The van der Waals surface area contributed by atoms with Crippen molar-refractivity contribution < 1.29 is 23.8 Å². The minimum absolute atomic E-state index is 0.136. The summed E-state index contributed by atoms with van der Waals surface area (Å²) in [6.45, 7) is 3.73. The van der Waals surface area contributed by atoms with E-state index in [1.165, 1.54) is 0 Å². The highest BCUT2D eigenvalue weighted by Crippen LogP contribution is 2.49. The van der Waals surface area contributed by atoms with Crippen LogP contribution in [0.15, 0.2) is 60.9 Å². The van der Waals surface area contributed by atoms with Crippen molar-refractivity contribution in [3.63, 3.8) is 0 Å². The molecule has 188 valence electrons. The van der Waals surface area contributed by atoms with Crippen LogP contribution in [0, 0.1) is 0 Å². The van der Waals surface area contributed by atoms with E-state index in [2.05, 4.69) is 22.9 Å². The van der Waals surface area contributed by atoms with Crippen molar-refractivity contribution in [2.24, 2.45) is 14.1 Å². The normalized spacial score (nSPS) is 19.4. The molecule has 0 bridgehead atoms. The summed E-state index contributed by atoms with van der Waals surface area (Å²) in [7, 11) is 4.00. The van der Waals surface area contributed by atoms with E-state index in [0.29, 0.717) is 6.42 Å². The van der Waals surface area contributed by atoms with Gasteiger partial charge in [-0.2, -0.15) is 0 Å². The van der Waals surface area contributed by atoms with Crippen LogP contribution in [-0.4, -0.2) is 39.9 Å². The summed E-state index contributed by atoms with van der Waals surface area (Å²) in [6, 6.07) is 16.3. The molecule has 36 heavy (non-hydrogen) atoms. The maximum atomic E-state index is 13.5. The second-order valence-corrected chi connectivity index (χ2v) is 9.44. The van der Waals surface area contributed by atoms with E-state index in [9.17, 15) is 9.59 Å². The average Bonchev–Trinajstić information content (AvgIpc) is 3.41. The molecular weight excluding hydrogens is 456 g/mol. The fourth-order valence-corrected chi connectivity index (χ4v) is 5.62. The largest absolute Gasteiger partial charge is 0.463 e. The molecule has 1 aliphatic heterocycles. The summed E-state index contributed by atoms with van der Waals surface area (Å²) in [4.78, 5) is 26.9. The summed E-state index contributed by atoms with van der Waals surface area (Å²) in [5, 5.41) is 2.13. The van der Waals surface area contributed by atoms with Gasteiger partial charge in [-0.3, -0.25) is 0 Å². The Morgan fingerprint density at radius 1 is 0.861 bits per heavy atom. The fourth-order valence-electron chi connectivity index (χ4n) is 5.62. The van der Waals surface area contributed by atoms with Crippen molar-refractivity contribution >= 4 is 33.7 Å². The molecule has 5 rings (SSSR count). The molecule has 2 atom stereocenters. The fraction of sp³-hybridized carbons (Fsp3) is 0.379. The molecule has 0 spiro atoms. The average molecular weight is 489 g/mol. The zero-order valence-electron chi connectivity index (χ0n) is 21.2. The third-order valence-electron chi connectivity index (χ3n) is 7.23. The zero-order chi connectivity index (χ0) is 25.4. The predicted octanol–water partition coefficient (Wildman–Crippen LogP) is 5.17. The van der Waals surface area contributed by atoms with Gasteiger partial charge in [0, 0.05) is 60.3 Å². The smallest absolute Gasteiger partial charge is 0.350 e. The maximum absolute atomic E-state index is 13.5. The Balaban J connectivity index is 1.69. The number of ether oxygens (including phenoxy) is 3. The number of para-hydroxylation sites is 2. The number of fused-ring (bicyclic) bond motifs is 2. The Morgan fingerprint density at radius 2 is 1.36 bits per heavy atom. The molecule has 0 radical (unpaired) electrons. The first-order valence-electron chi connectivity index (χ1n) is 12.5. The summed E-state index contributed by atoms with van der Waals surface area (Å²) in [5.74, 6) is -1.53. The molecule has 1 saturated heterocycles. The van der Waals surface area contributed by atoms with E-state index < -0.39 is 23.6 Å². The molecule has 0 saturated carbocycles. The van der Waals surface area contributed by atoms with Gasteiger partial charge in [0.1, 0.15) is 0 Å². The molecule has 2 aromatic heterocycles. The Hall–Kier alpha value is -3.58. The number of carbonyl (C=O) groups excluding carboxylic acids is 2. The summed E-state index contributed by atoms with van der Waals surface area (Å²) in [6.07, 6.45) is 4.38. The monoisotopic (exact) mass is 488 g/mol. The van der Waals surface area contributed by atoms with Gasteiger partial charge in [-0.1, -0.05) is 36.4 Å². The van der Waals surface area contributed by atoms with Gasteiger partial charge in [-0.15, -0.1) is 0 Å². The lowest BCUT2D eigenvalue weighted by Crippen LogP contribution is -2.55. The molecule has 0 aliphatic carbocycles. The number of nitrogens with zero attached hydrogens (tertiary/aromatic N) is 2. The van der Waals surface area contributed by atoms with Crippen LogP contribution in [0.5, 0.6) is 0 Å². The van der Waals surface area contributed by atoms with Gasteiger partial charge in [-0.25, -0.2) is 9.59 Å². The highest BCUT2D eigenvalue weighted by atomic mass is 16.6. The number of aromatic nitrogens is 2. The molecule has 0 amide bonds. The predicted molar refractivity (Wildman–Crippen MR) is 138 cm³/mol. The minimum atomic E-state index is -1.85. The second-order valence-electron chi connectivity index (χ2n) is 9.44. The zero-order valence-corrected chi connectivity index (χ0v) is 21.2. The third-order valence-corrected chi connectivity index (χ3v) is 7.23.